The summed E-state index contributed by atoms with van der Waals surface area (Å²) in [5, 5.41) is 3.65. The van der Waals surface area contributed by atoms with E-state index in [1.54, 1.807) is 26.5 Å². The Morgan fingerprint density at radius 2 is 1.53 bits per heavy atom. The first-order valence-electron chi connectivity index (χ1n) is 11.6. The molecule has 1 amide bonds. The number of carbonyl (C=O) groups excluding carboxylic acids is 1. The highest BCUT2D eigenvalue weighted by molar-refractivity contribution is 5.89. The number of fused-ring (bicyclic) bond motifs is 1. The van der Waals surface area contributed by atoms with Crippen molar-refractivity contribution in [2.24, 2.45) is 0 Å². The Bertz CT molecular complexity index is 1400. The molecule has 0 saturated heterocycles. The number of pyridine rings is 1. The number of carbonyl (C=O) groups is 1. The van der Waals surface area contributed by atoms with E-state index in [4.69, 9.17) is 18.9 Å². The molecular formula is C29H30N2O5. The summed E-state index contributed by atoms with van der Waals surface area (Å²) in [6, 6.07) is 17.0. The molecule has 1 aromatic heterocycles. The second kappa shape index (κ2) is 10.6. The first-order valence-corrected chi connectivity index (χ1v) is 11.6. The molecule has 0 radical (unpaired) electrons. The van der Waals surface area contributed by atoms with Gasteiger partial charge in [-0.15, -0.1) is 0 Å². The molecule has 0 aliphatic rings. The van der Waals surface area contributed by atoms with Crippen molar-refractivity contribution in [2.45, 2.75) is 33.8 Å². The van der Waals surface area contributed by atoms with Gasteiger partial charge in [-0.3, -0.25) is 10.3 Å². The standard InChI is InChI=1S/C29H30N2O5/c1-17-7-9-21(10-8-17)20(4)35-29(32)31-23-11-12-25(19(3)18(23)2)36-26-13-14-30-24-16-28(34-6)27(33-5)15-22(24)26/h7-16,20H,1-6H3,(H,31,32). The average Bonchev–Trinajstić information content (AvgIpc) is 2.88. The zero-order chi connectivity index (χ0) is 25.8. The van der Waals surface area contributed by atoms with Gasteiger partial charge in [0.2, 0.25) is 0 Å². The third kappa shape index (κ3) is 5.20. The molecule has 0 aliphatic carbocycles. The van der Waals surface area contributed by atoms with Crippen LogP contribution in [0.15, 0.2) is 60.8 Å². The Labute approximate surface area is 211 Å². The molecule has 0 aliphatic heterocycles. The summed E-state index contributed by atoms with van der Waals surface area (Å²) in [6.07, 6.45) is 0.804. The van der Waals surface area contributed by atoms with Gasteiger partial charge in [-0.1, -0.05) is 29.8 Å². The number of hydrogen-bond acceptors (Lipinski definition) is 6. The van der Waals surface area contributed by atoms with Crippen LogP contribution >= 0.6 is 0 Å². The van der Waals surface area contributed by atoms with Crippen LogP contribution in [0.2, 0.25) is 0 Å². The summed E-state index contributed by atoms with van der Waals surface area (Å²) in [5.74, 6) is 2.49. The van der Waals surface area contributed by atoms with E-state index in [1.165, 1.54) is 0 Å². The predicted octanol–water partition coefficient (Wildman–Crippen LogP) is 7.28. The Balaban J connectivity index is 1.53. The lowest BCUT2D eigenvalue weighted by atomic mass is 10.1. The van der Waals surface area contributed by atoms with Crippen molar-refractivity contribution in [2.75, 3.05) is 19.5 Å². The van der Waals surface area contributed by atoms with Crippen molar-refractivity contribution in [1.82, 2.24) is 4.98 Å². The third-order valence-electron chi connectivity index (χ3n) is 6.23. The minimum absolute atomic E-state index is 0.370. The number of methoxy groups -OCH3 is 2. The van der Waals surface area contributed by atoms with Crippen molar-refractivity contribution < 1.29 is 23.7 Å². The molecule has 0 bridgehead atoms. The molecule has 36 heavy (non-hydrogen) atoms. The van der Waals surface area contributed by atoms with E-state index in [-0.39, 0.29) is 6.10 Å². The second-order valence-corrected chi connectivity index (χ2v) is 8.58. The molecule has 0 spiro atoms. The van der Waals surface area contributed by atoms with Gasteiger partial charge in [-0.2, -0.15) is 0 Å². The number of anilines is 1. The van der Waals surface area contributed by atoms with Crippen LogP contribution in [0.1, 0.15) is 35.3 Å². The zero-order valence-electron chi connectivity index (χ0n) is 21.3. The maximum atomic E-state index is 12.6. The average molecular weight is 487 g/mol. The van der Waals surface area contributed by atoms with E-state index in [0.29, 0.717) is 28.7 Å². The number of nitrogens with zero attached hydrogens (tertiary/aromatic N) is 1. The van der Waals surface area contributed by atoms with E-state index in [1.807, 2.05) is 76.2 Å². The SMILES string of the molecule is COc1cc2nccc(Oc3ccc(NC(=O)OC(C)c4ccc(C)cc4)c(C)c3C)c2cc1OC. The van der Waals surface area contributed by atoms with Crippen LogP contribution in [0.3, 0.4) is 0 Å². The summed E-state index contributed by atoms with van der Waals surface area (Å²) in [6.45, 7) is 7.75. The van der Waals surface area contributed by atoms with Gasteiger partial charge >= 0.3 is 6.09 Å². The Hall–Kier alpha value is -4.26. The number of ether oxygens (including phenoxy) is 4. The Kier molecular flexibility index (Phi) is 7.29. The van der Waals surface area contributed by atoms with Crippen LogP contribution in [0.5, 0.6) is 23.0 Å². The first-order chi connectivity index (χ1) is 17.3. The number of hydrogen-bond donors (Lipinski definition) is 1. The van der Waals surface area contributed by atoms with Crippen molar-refractivity contribution in [3.8, 4) is 23.0 Å². The van der Waals surface area contributed by atoms with E-state index >= 15 is 0 Å². The van der Waals surface area contributed by atoms with Crippen LogP contribution in [-0.2, 0) is 4.74 Å². The largest absolute Gasteiger partial charge is 0.493 e. The fraction of sp³-hybridized carbons (Fsp3) is 0.241. The van der Waals surface area contributed by atoms with Crippen LogP contribution in [0.25, 0.3) is 10.9 Å². The molecule has 1 heterocycles. The highest BCUT2D eigenvalue weighted by Gasteiger charge is 2.16. The van der Waals surface area contributed by atoms with Crippen LogP contribution in [0, 0.1) is 20.8 Å². The normalized spacial score (nSPS) is 11.6. The third-order valence-corrected chi connectivity index (χ3v) is 6.23. The number of nitrogens with one attached hydrogen (secondary N) is 1. The number of rotatable bonds is 7. The van der Waals surface area contributed by atoms with Gasteiger partial charge in [0.1, 0.15) is 17.6 Å². The molecule has 1 unspecified atom stereocenters. The molecule has 1 N–H and O–H groups in total. The summed E-state index contributed by atoms with van der Waals surface area (Å²) in [5.41, 5.74) is 5.25. The van der Waals surface area contributed by atoms with E-state index in [2.05, 4.69) is 10.3 Å². The van der Waals surface area contributed by atoms with Crippen molar-refractivity contribution >= 4 is 22.7 Å². The van der Waals surface area contributed by atoms with Gasteiger partial charge in [0.05, 0.1) is 19.7 Å². The van der Waals surface area contributed by atoms with Gasteiger partial charge in [-0.25, -0.2) is 4.79 Å². The number of aryl methyl sites for hydroxylation is 1. The lowest BCUT2D eigenvalue weighted by Crippen LogP contribution is -2.17. The summed E-state index contributed by atoms with van der Waals surface area (Å²) in [4.78, 5) is 17.0. The Morgan fingerprint density at radius 3 is 2.22 bits per heavy atom. The minimum atomic E-state index is -0.514. The van der Waals surface area contributed by atoms with Crippen molar-refractivity contribution in [1.29, 1.82) is 0 Å². The molecule has 4 rings (SSSR count). The topological polar surface area (TPSA) is 78.9 Å². The summed E-state index contributed by atoms with van der Waals surface area (Å²) >= 11 is 0. The van der Waals surface area contributed by atoms with Gasteiger partial charge in [0, 0.05) is 23.3 Å². The fourth-order valence-electron chi connectivity index (χ4n) is 3.90. The molecule has 7 nitrogen and oxygen atoms in total. The number of aromatic nitrogens is 1. The second-order valence-electron chi connectivity index (χ2n) is 8.58. The number of amides is 1. The van der Waals surface area contributed by atoms with Gasteiger partial charge in [0.25, 0.3) is 0 Å². The predicted molar refractivity (Wildman–Crippen MR) is 141 cm³/mol. The van der Waals surface area contributed by atoms with Crippen LogP contribution in [0.4, 0.5) is 10.5 Å². The molecule has 0 fully saturated rings. The molecule has 3 aromatic carbocycles. The first kappa shape index (κ1) is 24.9. The van der Waals surface area contributed by atoms with Crippen LogP contribution in [-0.4, -0.2) is 25.3 Å². The molecular weight excluding hydrogens is 456 g/mol. The van der Waals surface area contributed by atoms with Crippen molar-refractivity contribution in [3.05, 3.63) is 83.0 Å². The zero-order valence-corrected chi connectivity index (χ0v) is 21.3. The van der Waals surface area contributed by atoms with Crippen LogP contribution < -0.4 is 19.5 Å². The van der Waals surface area contributed by atoms with Gasteiger partial charge in [-0.05, 0) is 68.7 Å². The number of benzene rings is 3. The maximum absolute atomic E-state index is 12.6. The molecule has 7 heteroatoms. The monoisotopic (exact) mass is 486 g/mol. The summed E-state index contributed by atoms with van der Waals surface area (Å²) in [7, 11) is 3.18. The minimum Gasteiger partial charge on any atom is -0.493 e. The molecule has 1 atom stereocenters. The van der Waals surface area contributed by atoms with E-state index < -0.39 is 6.09 Å². The van der Waals surface area contributed by atoms with Gasteiger partial charge in [0.15, 0.2) is 11.5 Å². The molecule has 4 aromatic rings. The maximum Gasteiger partial charge on any atom is 0.412 e. The van der Waals surface area contributed by atoms with E-state index in [0.717, 1.165) is 33.2 Å². The Morgan fingerprint density at radius 1 is 0.833 bits per heavy atom. The van der Waals surface area contributed by atoms with Crippen molar-refractivity contribution in [3.63, 3.8) is 0 Å². The quantitative estimate of drug-likeness (QED) is 0.296. The lowest BCUT2D eigenvalue weighted by molar-refractivity contribution is 0.121. The molecule has 0 saturated carbocycles. The highest BCUT2D eigenvalue weighted by atomic mass is 16.6. The lowest BCUT2D eigenvalue weighted by Gasteiger charge is -2.18. The summed E-state index contributed by atoms with van der Waals surface area (Å²) < 4.78 is 22.7. The highest BCUT2D eigenvalue weighted by Crippen LogP contribution is 2.38. The fourth-order valence-corrected chi connectivity index (χ4v) is 3.90. The van der Waals surface area contributed by atoms with E-state index in [9.17, 15) is 4.79 Å². The molecule has 186 valence electrons. The van der Waals surface area contributed by atoms with Gasteiger partial charge < -0.3 is 18.9 Å². The smallest absolute Gasteiger partial charge is 0.412 e.